The lowest BCUT2D eigenvalue weighted by Crippen LogP contribution is -2.40. The predicted molar refractivity (Wildman–Crippen MR) is 106 cm³/mol. The molecule has 0 bridgehead atoms. The second kappa shape index (κ2) is 8.42. The fourth-order valence-electron chi connectivity index (χ4n) is 4.33. The van der Waals surface area contributed by atoms with Crippen LogP contribution in [-0.2, 0) is 24.2 Å². The summed E-state index contributed by atoms with van der Waals surface area (Å²) in [5, 5.41) is 9.69. The van der Waals surface area contributed by atoms with E-state index in [1.165, 1.54) is 19.3 Å². The molecule has 1 fully saturated rings. The van der Waals surface area contributed by atoms with Crippen molar-refractivity contribution in [1.82, 2.24) is 19.7 Å². The number of aromatic nitrogens is 3. The third-order valence-corrected chi connectivity index (χ3v) is 6.03. The van der Waals surface area contributed by atoms with Gasteiger partial charge in [0.25, 0.3) is 0 Å². The Morgan fingerprint density at radius 1 is 1.15 bits per heavy atom. The van der Waals surface area contributed by atoms with E-state index in [9.17, 15) is 4.79 Å². The third-order valence-electron chi connectivity index (χ3n) is 5.79. The van der Waals surface area contributed by atoms with Crippen LogP contribution in [0.3, 0.4) is 0 Å². The number of benzene rings is 1. The smallest absolute Gasteiger partial charge is 0.222 e. The Kier molecular flexibility index (Phi) is 5.77. The summed E-state index contributed by atoms with van der Waals surface area (Å²) < 4.78 is 2.33. The molecule has 1 atom stereocenters. The number of carbonyl (C=O) groups excluding carboxylic acids is 1. The van der Waals surface area contributed by atoms with Crippen LogP contribution >= 0.6 is 11.6 Å². The Morgan fingerprint density at radius 2 is 2.07 bits per heavy atom. The summed E-state index contributed by atoms with van der Waals surface area (Å²) >= 11 is 6.04. The summed E-state index contributed by atoms with van der Waals surface area (Å²) in [5.41, 5.74) is 1.12. The van der Waals surface area contributed by atoms with E-state index in [1.807, 2.05) is 29.2 Å². The molecule has 2 aliphatic heterocycles. The van der Waals surface area contributed by atoms with Crippen molar-refractivity contribution in [3.63, 3.8) is 0 Å². The van der Waals surface area contributed by atoms with Gasteiger partial charge in [-0.2, -0.15) is 0 Å². The Morgan fingerprint density at radius 3 is 2.96 bits per heavy atom. The standard InChI is InChI=1S/C21H27ClN4O/c22-18-8-4-6-16(14-18)10-11-20(27)25-12-5-7-17(15-25)21-24-23-19-9-2-1-3-13-26(19)21/h4,6,8,14,17H,1-3,5,7,9-13,15H2. The van der Waals surface area contributed by atoms with Crippen LogP contribution < -0.4 is 0 Å². The summed E-state index contributed by atoms with van der Waals surface area (Å²) in [5.74, 6) is 2.77. The molecule has 27 heavy (non-hydrogen) atoms. The Bertz CT molecular complexity index is 803. The summed E-state index contributed by atoms with van der Waals surface area (Å²) in [4.78, 5) is 14.8. The largest absolute Gasteiger partial charge is 0.342 e. The molecule has 0 saturated carbocycles. The molecule has 2 aromatic rings. The molecule has 5 nitrogen and oxygen atoms in total. The van der Waals surface area contributed by atoms with Gasteiger partial charge in [-0.1, -0.05) is 30.2 Å². The van der Waals surface area contributed by atoms with Crippen molar-refractivity contribution in [2.75, 3.05) is 13.1 Å². The molecule has 0 radical (unpaired) electrons. The summed E-state index contributed by atoms with van der Waals surface area (Å²) in [6, 6.07) is 7.78. The fourth-order valence-corrected chi connectivity index (χ4v) is 4.54. The molecule has 6 heteroatoms. The van der Waals surface area contributed by atoms with Gasteiger partial charge in [0.05, 0.1) is 0 Å². The quantitative estimate of drug-likeness (QED) is 0.798. The maximum Gasteiger partial charge on any atom is 0.222 e. The molecule has 0 N–H and O–H groups in total. The van der Waals surface area contributed by atoms with Gasteiger partial charge in [0.1, 0.15) is 11.6 Å². The number of carbonyl (C=O) groups is 1. The lowest BCUT2D eigenvalue weighted by Gasteiger charge is -2.32. The molecule has 144 valence electrons. The minimum atomic E-state index is 0.232. The van der Waals surface area contributed by atoms with Crippen molar-refractivity contribution in [3.8, 4) is 0 Å². The molecule has 1 aromatic heterocycles. The van der Waals surface area contributed by atoms with Crippen LogP contribution in [0.4, 0.5) is 0 Å². The van der Waals surface area contributed by atoms with Crippen LogP contribution in [0.1, 0.15) is 61.7 Å². The van der Waals surface area contributed by atoms with E-state index in [4.69, 9.17) is 11.6 Å². The molecule has 1 saturated heterocycles. The zero-order valence-corrected chi connectivity index (χ0v) is 16.5. The number of hydrogen-bond acceptors (Lipinski definition) is 3. The van der Waals surface area contributed by atoms with Gasteiger partial charge in [-0.05, 0) is 49.8 Å². The number of piperidine rings is 1. The first-order chi connectivity index (χ1) is 13.2. The minimum Gasteiger partial charge on any atom is -0.342 e. The normalized spacial score (nSPS) is 20.2. The Labute approximate surface area is 165 Å². The first kappa shape index (κ1) is 18.5. The highest BCUT2D eigenvalue weighted by Crippen LogP contribution is 2.28. The average molecular weight is 387 g/mol. The van der Waals surface area contributed by atoms with Crippen molar-refractivity contribution in [3.05, 3.63) is 46.5 Å². The highest BCUT2D eigenvalue weighted by molar-refractivity contribution is 6.30. The highest BCUT2D eigenvalue weighted by atomic mass is 35.5. The number of likely N-dealkylation sites (tertiary alicyclic amines) is 1. The van der Waals surface area contributed by atoms with Gasteiger partial charge in [0, 0.05) is 43.4 Å². The number of rotatable bonds is 4. The Balaban J connectivity index is 1.39. The summed E-state index contributed by atoms with van der Waals surface area (Å²) in [7, 11) is 0. The van der Waals surface area contributed by atoms with E-state index < -0.39 is 0 Å². The molecule has 4 rings (SSSR count). The number of aryl methyl sites for hydroxylation is 2. The van der Waals surface area contributed by atoms with Crippen molar-refractivity contribution >= 4 is 17.5 Å². The number of fused-ring (bicyclic) bond motifs is 1. The number of amides is 1. The van der Waals surface area contributed by atoms with Crippen LogP contribution in [0.25, 0.3) is 0 Å². The SMILES string of the molecule is O=C(CCc1cccc(Cl)c1)N1CCCC(c2nnc3n2CCCCC3)C1. The monoisotopic (exact) mass is 386 g/mol. The average Bonchev–Trinajstić information content (AvgIpc) is 2.94. The molecular weight excluding hydrogens is 360 g/mol. The second-order valence-electron chi connectivity index (χ2n) is 7.75. The van der Waals surface area contributed by atoms with Crippen LogP contribution in [0.5, 0.6) is 0 Å². The van der Waals surface area contributed by atoms with E-state index in [1.54, 1.807) is 0 Å². The zero-order chi connectivity index (χ0) is 18.6. The van der Waals surface area contributed by atoms with Gasteiger partial charge in [-0.25, -0.2) is 0 Å². The van der Waals surface area contributed by atoms with E-state index in [2.05, 4.69) is 14.8 Å². The van der Waals surface area contributed by atoms with Crippen LogP contribution in [0, 0.1) is 0 Å². The van der Waals surface area contributed by atoms with Crippen molar-refractivity contribution in [2.24, 2.45) is 0 Å². The van der Waals surface area contributed by atoms with Gasteiger partial charge in [-0.3, -0.25) is 4.79 Å². The van der Waals surface area contributed by atoms with Crippen LogP contribution in [0.15, 0.2) is 24.3 Å². The maximum absolute atomic E-state index is 12.8. The highest BCUT2D eigenvalue weighted by Gasteiger charge is 2.29. The van der Waals surface area contributed by atoms with Gasteiger partial charge in [-0.15, -0.1) is 10.2 Å². The van der Waals surface area contributed by atoms with Gasteiger partial charge >= 0.3 is 0 Å². The Hall–Kier alpha value is -1.88. The van der Waals surface area contributed by atoms with Crippen molar-refractivity contribution in [2.45, 2.75) is 63.8 Å². The summed E-state index contributed by atoms with van der Waals surface area (Å²) in [6.45, 7) is 2.65. The molecule has 0 aliphatic carbocycles. The van der Waals surface area contributed by atoms with E-state index in [-0.39, 0.29) is 5.91 Å². The van der Waals surface area contributed by atoms with Gasteiger partial charge < -0.3 is 9.47 Å². The predicted octanol–water partition coefficient (Wildman–Crippen LogP) is 4.00. The number of nitrogens with zero attached hydrogens (tertiary/aromatic N) is 4. The second-order valence-corrected chi connectivity index (χ2v) is 8.18. The minimum absolute atomic E-state index is 0.232. The zero-order valence-electron chi connectivity index (χ0n) is 15.7. The van der Waals surface area contributed by atoms with Crippen LogP contribution in [-0.4, -0.2) is 38.7 Å². The molecule has 1 amide bonds. The lowest BCUT2D eigenvalue weighted by molar-refractivity contribution is -0.132. The first-order valence-electron chi connectivity index (χ1n) is 10.1. The number of halogens is 1. The van der Waals surface area contributed by atoms with E-state index in [0.29, 0.717) is 12.3 Å². The third kappa shape index (κ3) is 4.34. The van der Waals surface area contributed by atoms with Crippen molar-refractivity contribution < 1.29 is 4.79 Å². The lowest BCUT2D eigenvalue weighted by atomic mass is 9.96. The van der Waals surface area contributed by atoms with Gasteiger partial charge in [0.2, 0.25) is 5.91 Å². The molecule has 2 aliphatic rings. The van der Waals surface area contributed by atoms with E-state index in [0.717, 1.165) is 67.6 Å². The number of hydrogen-bond donors (Lipinski definition) is 0. The van der Waals surface area contributed by atoms with Gasteiger partial charge in [0.15, 0.2) is 0 Å². The van der Waals surface area contributed by atoms with Crippen molar-refractivity contribution in [1.29, 1.82) is 0 Å². The first-order valence-corrected chi connectivity index (χ1v) is 10.5. The molecular formula is C21H27ClN4O. The molecule has 3 heterocycles. The van der Waals surface area contributed by atoms with Crippen LogP contribution in [0.2, 0.25) is 5.02 Å². The maximum atomic E-state index is 12.8. The topological polar surface area (TPSA) is 51.0 Å². The molecule has 1 unspecified atom stereocenters. The summed E-state index contributed by atoms with van der Waals surface area (Å²) in [6.07, 6.45) is 8.10. The molecule has 1 aromatic carbocycles. The fraction of sp³-hybridized carbons (Fsp3) is 0.571. The van der Waals surface area contributed by atoms with E-state index >= 15 is 0 Å². The molecule has 0 spiro atoms.